The number of carbonyl (C=O) groups excluding carboxylic acids is 1. The quantitative estimate of drug-likeness (QED) is 0.848. The van der Waals surface area contributed by atoms with E-state index in [1.54, 1.807) is 7.11 Å². The number of nitrogens with two attached hydrogens (primary N) is 1. The zero-order valence-electron chi connectivity index (χ0n) is 12.0. The van der Waals surface area contributed by atoms with Gasteiger partial charge >= 0.3 is 0 Å². The summed E-state index contributed by atoms with van der Waals surface area (Å²) in [5.74, 6) is -0.137. The molecule has 1 fully saturated rings. The first-order valence-corrected chi connectivity index (χ1v) is 6.55. The normalized spacial score (nSPS) is 18.4. The molecule has 0 bridgehead atoms. The van der Waals surface area contributed by atoms with Crippen LogP contribution in [0.5, 0.6) is 0 Å². The van der Waals surface area contributed by atoms with Crippen LogP contribution in [0.2, 0.25) is 0 Å². The minimum atomic E-state index is -0.587. The number of carbonyl (C=O) groups is 1. The van der Waals surface area contributed by atoms with Gasteiger partial charge in [0, 0.05) is 31.9 Å². The Labute approximate surface area is 138 Å². The first-order chi connectivity index (χ1) is 9.20. The number of benzene rings is 1. The maximum Gasteiger partial charge on any atom is 0.239 e. The highest BCUT2D eigenvalue weighted by atomic mass is 35.5. The van der Waals surface area contributed by atoms with Crippen LogP contribution < -0.4 is 16.0 Å². The molecule has 0 aliphatic carbocycles. The van der Waals surface area contributed by atoms with Crippen molar-refractivity contribution in [3.63, 3.8) is 0 Å². The Morgan fingerprint density at radius 1 is 1.43 bits per heavy atom. The predicted octanol–water partition coefficient (Wildman–Crippen LogP) is 1.20. The van der Waals surface area contributed by atoms with Crippen molar-refractivity contribution in [3.05, 3.63) is 30.3 Å². The molecule has 1 aromatic carbocycles. The summed E-state index contributed by atoms with van der Waals surface area (Å²) in [5.41, 5.74) is 6.90. The molecular formula is C14H23Cl2N3O2. The van der Waals surface area contributed by atoms with E-state index < -0.39 is 6.04 Å². The van der Waals surface area contributed by atoms with E-state index in [0.29, 0.717) is 0 Å². The van der Waals surface area contributed by atoms with Gasteiger partial charge in [-0.1, -0.05) is 18.2 Å². The minimum Gasteiger partial charge on any atom is -0.383 e. The molecule has 5 nitrogen and oxygen atoms in total. The largest absolute Gasteiger partial charge is 0.383 e. The number of nitrogens with zero attached hydrogens (tertiary/aromatic N) is 1. The summed E-state index contributed by atoms with van der Waals surface area (Å²) < 4.78 is 4.88. The van der Waals surface area contributed by atoms with Gasteiger partial charge in [-0.2, -0.15) is 0 Å². The molecule has 2 unspecified atom stereocenters. The van der Waals surface area contributed by atoms with E-state index in [2.05, 4.69) is 22.3 Å². The summed E-state index contributed by atoms with van der Waals surface area (Å²) in [4.78, 5) is 14.1. The molecule has 0 spiro atoms. The Balaban J connectivity index is 0.00000200. The first-order valence-electron chi connectivity index (χ1n) is 6.55. The van der Waals surface area contributed by atoms with Crippen LogP contribution in [0.3, 0.4) is 0 Å². The maximum absolute atomic E-state index is 11.8. The zero-order chi connectivity index (χ0) is 13.7. The van der Waals surface area contributed by atoms with Gasteiger partial charge in [0.25, 0.3) is 0 Å². The van der Waals surface area contributed by atoms with Crippen LogP contribution in [0.1, 0.15) is 6.42 Å². The Hall–Kier alpha value is -1.01. The van der Waals surface area contributed by atoms with Crippen molar-refractivity contribution < 1.29 is 9.53 Å². The fraction of sp³-hybridized carbons (Fsp3) is 0.500. The van der Waals surface area contributed by atoms with Gasteiger partial charge in [-0.05, 0) is 18.6 Å². The van der Waals surface area contributed by atoms with E-state index in [1.165, 1.54) is 5.69 Å². The van der Waals surface area contributed by atoms with Crippen molar-refractivity contribution in [1.82, 2.24) is 5.32 Å². The fourth-order valence-electron chi connectivity index (χ4n) is 2.31. The third-order valence-electron chi connectivity index (χ3n) is 3.34. The molecule has 0 radical (unpaired) electrons. The molecule has 0 saturated carbocycles. The number of anilines is 1. The van der Waals surface area contributed by atoms with Crippen LogP contribution in [0, 0.1) is 0 Å². The first kappa shape index (κ1) is 20.0. The summed E-state index contributed by atoms with van der Waals surface area (Å²) in [6.07, 6.45) is 0.945. The molecule has 1 heterocycles. The molecule has 1 aliphatic heterocycles. The molecule has 120 valence electrons. The number of methoxy groups -OCH3 is 1. The Bertz CT molecular complexity index is 420. The van der Waals surface area contributed by atoms with Crippen LogP contribution in [-0.2, 0) is 9.53 Å². The average molecular weight is 336 g/mol. The SMILES string of the molecule is COCC(N)C(=O)NC1CCN(c2ccccc2)C1.Cl.Cl. The topological polar surface area (TPSA) is 67.6 Å². The molecule has 3 N–H and O–H groups in total. The third kappa shape index (κ3) is 5.71. The smallest absolute Gasteiger partial charge is 0.239 e. The van der Waals surface area contributed by atoms with Gasteiger partial charge in [0.15, 0.2) is 0 Å². The number of hydrogen-bond acceptors (Lipinski definition) is 4. The van der Waals surface area contributed by atoms with E-state index in [9.17, 15) is 4.79 Å². The van der Waals surface area contributed by atoms with Crippen LogP contribution in [-0.4, -0.2) is 44.8 Å². The van der Waals surface area contributed by atoms with Gasteiger partial charge in [-0.15, -0.1) is 24.8 Å². The molecule has 2 atom stereocenters. The van der Waals surface area contributed by atoms with Crippen molar-refractivity contribution in [2.75, 3.05) is 31.7 Å². The van der Waals surface area contributed by atoms with Crippen molar-refractivity contribution in [2.45, 2.75) is 18.5 Å². The average Bonchev–Trinajstić information content (AvgIpc) is 2.88. The fourth-order valence-corrected chi connectivity index (χ4v) is 2.31. The van der Waals surface area contributed by atoms with Crippen molar-refractivity contribution >= 4 is 36.4 Å². The van der Waals surface area contributed by atoms with Crippen molar-refractivity contribution in [1.29, 1.82) is 0 Å². The second-order valence-corrected chi connectivity index (χ2v) is 4.84. The van der Waals surface area contributed by atoms with E-state index in [0.717, 1.165) is 19.5 Å². The lowest BCUT2D eigenvalue weighted by atomic mass is 10.2. The Morgan fingerprint density at radius 3 is 2.71 bits per heavy atom. The minimum absolute atomic E-state index is 0. The lowest BCUT2D eigenvalue weighted by Crippen LogP contribution is -2.48. The van der Waals surface area contributed by atoms with Crippen LogP contribution in [0.15, 0.2) is 30.3 Å². The molecule has 21 heavy (non-hydrogen) atoms. The Kier molecular flexibility index (Phi) is 9.37. The number of ether oxygens (including phenoxy) is 1. The monoisotopic (exact) mass is 335 g/mol. The number of rotatable bonds is 5. The molecule has 1 amide bonds. The lowest BCUT2D eigenvalue weighted by molar-refractivity contribution is -0.124. The second-order valence-electron chi connectivity index (χ2n) is 4.84. The predicted molar refractivity (Wildman–Crippen MR) is 89.6 cm³/mol. The maximum atomic E-state index is 11.8. The molecule has 1 aromatic rings. The summed E-state index contributed by atoms with van der Waals surface area (Å²) in [6, 6.07) is 9.79. The molecule has 2 rings (SSSR count). The number of amides is 1. The zero-order valence-corrected chi connectivity index (χ0v) is 13.7. The highest BCUT2D eigenvalue weighted by molar-refractivity contribution is 5.85. The van der Waals surface area contributed by atoms with Gasteiger partial charge in [0.1, 0.15) is 6.04 Å². The third-order valence-corrected chi connectivity index (χ3v) is 3.34. The summed E-state index contributed by atoms with van der Waals surface area (Å²) in [7, 11) is 1.54. The van der Waals surface area contributed by atoms with Gasteiger partial charge < -0.3 is 20.7 Å². The summed E-state index contributed by atoms with van der Waals surface area (Å²) >= 11 is 0. The molecule has 7 heteroatoms. The molecule has 1 aliphatic rings. The number of para-hydroxylation sites is 1. The number of nitrogens with one attached hydrogen (secondary N) is 1. The highest BCUT2D eigenvalue weighted by Crippen LogP contribution is 2.19. The highest BCUT2D eigenvalue weighted by Gasteiger charge is 2.25. The van der Waals surface area contributed by atoms with E-state index >= 15 is 0 Å². The molecule has 1 saturated heterocycles. The molecule has 0 aromatic heterocycles. The Morgan fingerprint density at radius 2 is 2.10 bits per heavy atom. The van der Waals surface area contributed by atoms with Gasteiger partial charge in [0.05, 0.1) is 6.61 Å². The van der Waals surface area contributed by atoms with E-state index in [4.69, 9.17) is 10.5 Å². The number of hydrogen-bond donors (Lipinski definition) is 2. The summed E-state index contributed by atoms with van der Waals surface area (Å²) in [5, 5.41) is 2.98. The number of halogens is 2. The van der Waals surface area contributed by atoms with E-state index in [1.807, 2.05) is 18.2 Å². The lowest BCUT2D eigenvalue weighted by Gasteiger charge is -2.20. The summed E-state index contributed by atoms with van der Waals surface area (Å²) in [6.45, 7) is 2.03. The van der Waals surface area contributed by atoms with Crippen LogP contribution >= 0.6 is 24.8 Å². The van der Waals surface area contributed by atoms with Crippen molar-refractivity contribution in [2.24, 2.45) is 5.73 Å². The molecular weight excluding hydrogens is 313 g/mol. The van der Waals surface area contributed by atoms with Gasteiger partial charge in [-0.25, -0.2) is 0 Å². The second kappa shape index (κ2) is 9.84. The van der Waals surface area contributed by atoms with Crippen LogP contribution in [0.4, 0.5) is 5.69 Å². The van der Waals surface area contributed by atoms with Gasteiger partial charge in [0.2, 0.25) is 5.91 Å². The van der Waals surface area contributed by atoms with Crippen molar-refractivity contribution in [3.8, 4) is 0 Å². The van der Waals surface area contributed by atoms with Crippen LogP contribution in [0.25, 0.3) is 0 Å². The van der Waals surface area contributed by atoms with E-state index in [-0.39, 0.29) is 43.4 Å². The standard InChI is InChI=1S/C14H21N3O2.2ClH/c1-19-10-13(15)14(18)16-11-7-8-17(9-11)12-5-3-2-4-6-12;;/h2-6,11,13H,7-10,15H2,1H3,(H,16,18);2*1H. The van der Waals surface area contributed by atoms with Gasteiger partial charge in [-0.3, -0.25) is 4.79 Å².